The summed E-state index contributed by atoms with van der Waals surface area (Å²) < 4.78 is 49.2. The first-order valence-electron chi connectivity index (χ1n) is 8.46. The molecule has 2 aromatic rings. The van der Waals surface area contributed by atoms with E-state index in [2.05, 4.69) is 10.5 Å². The van der Waals surface area contributed by atoms with Crippen LogP contribution in [-0.2, 0) is 25.5 Å². The van der Waals surface area contributed by atoms with Crippen LogP contribution in [0.25, 0.3) is 0 Å². The largest absolute Gasteiger partial charge is 0.456 e. The van der Waals surface area contributed by atoms with Crippen LogP contribution in [0.3, 0.4) is 0 Å². The topological polar surface area (TPSA) is 111 Å². The molecular formula is C18H18F3N3O5. The second kappa shape index (κ2) is 9.71. The smallest absolute Gasteiger partial charge is 0.306 e. The minimum atomic E-state index is -1.73. The average Bonchev–Trinajstić information content (AvgIpc) is 3.01. The zero-order chi connectivity index (χ0) is 21.6. The van der Waals surface area contributed by atoms with Crippen LogP contribution in [0.1, 0.15) is 23.4 Å². The minimum absolute atomic E-state index is 0.00602. The molecule has 156 valence electrons. The van der Waals surface area contributed by atoms with Gasteiger partial charge >= 0.3 is 5.97 Å². The molecule has 1 aromatic carbocycles. The predicted octanol–water partition coefficient (Wildman–Crippen LogP) is 1.94. The molecule has 0 unspecified atom stereocenters. The third-order valence-corrected chi connectivity index (χ3v) is 3.88. The van der Waals surface area contributed by atoms with Gasteiger partial charge in [0, 0.05) is 12.0 Å². The standard InChI is InChI=1S/C18H18F3N3O5/c1-9-11(10(2)29-24-9)3-6-16(27)28-8-15(26)22-7-14(25)23-13-5-4-12(19)17(20)18(13)21/h4-5H,3,6-8H2,1-2H3,(H,22,26)(H,23,25). The van der Waals surface area contributed by atoms with Crippen molar-refractivity contribution in [3.8, 4) is 0 Å². The normalized spacial score (nSPS) is 10.5. The van der Waals surface area contributed by atoms with Crippen LogP contribution < -0.4 is 10.6 Å². The van der Waals surface area contributed by atoms with E-state index in [4.69, 9.17) is 9.26 Å². The Bertz CT molecular complexity index is 910. The van der Waals surface area contributed by atoms with E-state index in [1.165, 1.54) is 0 Å². The number of benzene rings is 1. The Kier molecular flexibility index (Phi) is 7.34. The summed E-state index contributed by atoms with van der Waals surface area (Å²) in [7, 11) is 0. The van der Waals surface area contributed by atoms with Gasteiger partial charge in [0.25, 0.3) is 5.91 Å². The molecule has 0 radical (unpaired) electrons. The first kappa shape index (κ1) is 21.9. The summed E-state index contributed by atoms with van der Waals surface area (Å²) in [6.07, 6.45) is 0.343. The van der Waals surface area contributed by atoms with Gasteiger partial charge in [0.05, 0.1) is 17.9 Å². The Hall–Kier alpha value is -3.37. The number of aryl methyl sites for hydroxylation is 2. The summed E-state index contributed by atoms with van der Waals surface area (Å²) in [6.45, 7) is 2.24. The van der Waals surface area contributed by atoms with Crippen molar-refractivity contribution < 1.29 is 36.8 Å². The maximum Gasteiger partial charge on any atom is 0.306 e. The van der Waals surface area contributed by atoms with Gasteiger partial charge < -0.3 is 19.9 Å². The molecule has 0 saturated heterocycles. The molecule has 0 bridgehead atoms. The van der Waals surface area contributed by atoms with Gasteiger partial charge in [-0.15, -0.1) is 0 Å². The SMILES string of the molecule is Cc1noc(C)c1CCC(=O)OCC(=O)NCC(=O)Nc1ccc(F)c(F)c1F. The van der Waals surface area contributed by atoms with Crippen LogP contribution >= 0.6 is 0 Å². The minimum Gasteiger partial charge on any atom is -0.456 e. The Morgan fingerprint density at radius 1 is 1.10 bits per heavy atom. The highest BCUT2D eigenvalue weighted by Gasteiger charge is 2.16. The molecule has 2 rings (SSSR count). The van der Waals surface area contributed by atoms with Crippen molar-refractivity contribution in [2.24, 2.45) is 0 Å². The van der Waals surface area contributed by atoms with Crippen LogP contribution in [0.4, 0.5) is 18.9 Å². The molecule has 1 aromatic heterocycles. The monoisotopic (exact) mass is 413 g/mol. The second-order valence-electron chi connectivity index (χ2n) is 6.01. The number of nitrogens with one attached hydrogen (secondary N) is 2. The second-order valence-corrected chi connectivity index (χ2v) is 6.01. The maximum absolute atomic E-state index is 13.5. The lowest BCUT2D eigenvalue weighted by Gasteiger charge is -2.09. The zero-order valence-corrected chi connectivity index (χ0v) is 15.6. The van der Waals surface area contributed by atoms with Crippen LogP contribution in [0.2, 0.25) is 0 Å². The van der Waals surface area contributed by atoms with Crippen LogP contribution in [-0.4, -0.2) is 36.1 Å². The highest BCUT2D eigenvalue weighted by Crippen LogP contribution is 2.19. The maximum atomic E-state index is 13.5. The van der Waals surface area contributed by atoms with Crippen molar-refractivity contribution in [2.75, 3.05) is 18.5 Å². The Morgan fingerprint density at radius 3 is 2.48 bits per heavy atom. The van der Waals surface area contributed by atoms with Gasteiger partial charge in [-0.3, -0.25) is 14.4 Å². The van der Waals surface area contributed by atoms with E-state index in [9.17, 15) is 27.6 Å². The van der Waals surface area contributed by atoms with Gasteiger partial charge in [-0.25, -0.2) is 13.2 Å². The van der Waals surface area contributed by atoms with Crippen molar-refractivity contribution in [2.45, 2.75) is 26.7 Å². The summed E-state index contributed by atoms with van der Waals surface area (Å²) in [5, 5.41) is 7.90. The summed E-state index contributed by atoms with van der Waals surface area (Å²) in [5.41, 5.74) is 0.873. The molecule has 29 heavy (non-hydrogen) atoms. The van der Waals surface area contributed by atoms with Crippen molar-refractivity contribution in [1.82, 2.24) is 10.5 Å². The van der Waals surface area contributed by atoms with E-state index in [-0.39, 0.29) is 6.42 Å². The van der Waals surface area contributed by atoms with Crippen molar-refractivity contribution in [3.63, 3.8) is 0 Å². The number of amides is 2. The number of nitrogens with zero attached hydrogens (tertiary/aromatic N) is 1. The molecule has 0 fully saturated rings. The molecule has 0 aliphatic carbocycles. The number of esters is 1. The van der Waals surface area contributed by atoms with E-state index >= 15 is 0 Å². The molecule has 0 atom stereocenters. The van der Waals surface area contributed by atoms with Crippen LogP contribution in [0, 0.1) is 31.3 Å². The lowest BCUT2D eigenvalue weighted by molar-refractivity contribution is -0.148. The Labute approximate surface area is 163 Å². The molecule has 2 N–H and O–H groups in total. The van der Waals surface area contributed by atoms with Gasteiger partial charge in [-0.1, -0.05) is 5.16 Å². The summed E-state index contributed by atoms with van der Waals surface area (Å²) in [4.78, 5) is 35.0. The number of halogens is 3. The van der Waals surface area contributed by atoms with Gasteiger partial charge in [-0.05, 0) is 32.4 Å². The van der Waals surface area contributed by atoms with E-state index in [0.717, 1.165) is 11.6 Å². The first-order valence-corrected chi connectivity index (χ1v) is 8.46. The molecule has 11 heteroatoms. The van der Waals surface area contributed by atoms with Gasteiger partial charge in [0.2, 0.25) is 5.91 Å². The molecular weight excluding hydrogens is 395 g/mol. The highest BCUT2D eigenvalue weighted by atomic mass is 19.2. The number of hydrogen-bond donors (Lipinski definition) is 2. The highest BCUT2D eigenvalue weighted by molar-refractivity contribution is 5.94. The molecule has 8 nitrogen and oxygen atoms in total. The van der Waals surface area contributed by atoms with E-state index in [1.54, 1.807) is 13.8 Å². The number of ether oxygens (including phenoxy) is 1. The predicted molar refractivity (Wildman–Crippen MR) is 93.2 cm³/mol. The number of hydrogen-bond acceptors (Lipinski definition) is 6. The zero-order valence-electron chi connectivity index (χ0n) is 15.6. The lowest BCUT2D eigenvalue weighted by atomic mass is 10.1. The number of carbonyl (C=O) groups is 3. The first-order chi connectivity index (χ1) is 13.7. The number of anilines is 1. The van der Waals surface area contributed by atoms with Gasteiger partial charge in [0.1, 0.15) is 5.76 Å². The summed E-state index contributed by atoms with van der Waals surface area (Å²) >= 11 is 0. The fourth-order valence-electron chi connectivity index (χ4n) is 2.35. The van der Waals surface area contributed by atoms with E-state index in [0.29, 0.717) is 23.9 Å². The van der Waals surface area contributed by atoms with Crippen LogP contribution in [0.5, 0.6) is 0 Å². The quantitative estimate of drug-likeness (QED) is 0.506. The summed E-state index contributed by atoms with van der Waals surface area (Å²) in [5.74, 6) is -6.37. The van der Waals surface area contributed by atoms with Crippen molar-refractivity contribution in [1.29, 1.82) is 0 Å². The van der Waals surface area contributed by atoms with Crippen molar-refractivity contribution >= 4 is 23.5 Å². The molecule has 0 aliphatic rings. The van der Waals surface area contributed by atoms with Crippen LogP contribution in [0.15, 0.2) is 16.7 Å². The molecule has 1 heterocycles. The fraction of sp³-hybridized carbons (Fsp3) is 0.333. The number of rotatable bonds is 8. The Balaban J connectivity index is 1.70. The third-order valence-electron chi connectivity index (χ3n) is 3.88. The van der Waals surface area contributed by atoms with Crippen molar-refractivity contribution in [3.05, 3.63) is 46.6 Å². The lowest BCUT2D eigenvalue weighted by Crippen LogP contribution is -2.35. The van der Waals surface area contributed by atoms with Gasteiger partial charge in [-0.2, -0.15) is 0 Å². The molecule has 0 aliphatic heterocycles. The molecule has 0 spiro atoms. The Morgan fingerprint density at radius 2 is 1.83 bits per heavy atom. The molecule has 0 saturated carbocycles. The van der Waals surface area contributed by atoms with E-state index < -0.39 is 54.1 Å². The fourth-order valence-corrected chi connectivity index (χ4v) is 2.35. The summed E-state index contributed by atoms with van der Waals surface area (Å²) in [6, 6.07) is 1.49. The number of carbonyl (C=O) groups excluding carboxylic acids is 3. The average molecular weight is 413 g/mol. The molecule has 2 amide bonds. The third kappa shape index (κ3) is 6.06. The van der Waals surface area contributed by atoms with E-state index in [1.807, 2.05) is 5.32 Å². The van der Waals surface area contributed by atoms with Gasteiger partial charge in [0.15, 0.2) is 24.1 Å². The number of aromatic nitrogens is 1.